The van der Waals surface area contributed by atoms with Crippen molar-refractivity contribution in [2.24, 2.45) is 12.0 Å². The monoisotopic (exact) mass is 390 g/mol. The molecule has 1 aliphatic rings. The number of benzene rings is 1. The minimum absolute atomic E-state index is 0.397. The molecule has 2 N–H and O–H groups in total. The summed E-state index contributed by atoms with van der Waals surface area (Å²) in [6.45, 7) is 2.75. The summed E-state index contributed by atoms with van der Waals surface area (Å²) in [6.07, 6.45) is 4.97. The largest absolute Gasteiger partial charge is 0.369 e. The number of halogens is 1. The highest BCUT2D eigenvalue weighted by atomic mass is 79.9. The van der Waals surface area contributed by atoms with E-state index in [1.165, 1.54) is 5.69 Å². The summed E-state index contributed by atoms with van der Waals surface area (Å²) in [5.74, 6) is 0.835. The molecule has 0 saturated carbocycles. The number of anilines is 1. The van der Waals surface area contributed by atoms with Crippen LogP contribution in [0.15, 0.2) is 46.1 Å². The lowest BCUT2D eigenvalue weighted by Gasteiger charge is -2.20. The van der Waals surface area contributed by atoms with E-state index >= 15 is 0 Å². The van der Waals surface area contributed by atoms with Crippen molar-refractivity contribution in [3.8, 4) is 0 Å². The summed E-state index contributed by atoms with van der Waals surface area (Å²) in [4.78, 5) is 6.73. The quantitative estimate of drug-likeness (QED) is 0.620. The molecule has 3 rings (SSSR count). The van der Waals surface area contributed by atoms with Gasteiger partial charge < -0.3 is 15.5 Å². The molecule has 2 aromatic rings. The lowest BCUT2D eigenvalue weighted by Crippen LogP contribution is -2.44. The van der Waals surface area contributed by atoms with E-state index in [1.54, 1.807) is 11.7 Å². The Morgan fingerprint density at radius 3 is 2.83 bits per heavy atom. The van der Waals surface area contributed by atoms with Gasteiger partial charge in [-0.25, -0.2) is 0 Å². The van der Waals surface area contributed by atoms with Gasteiger partial charge in [-0.3, -0.25) is 9.67 Å². The van der Waals surface area contributed by atoms with Crippen LogP contribution >= 0.6 is 15.9 Å². The van der Waals surface area contributed by atoms with Crippen molar-refractivity contribution >= 4 is 27.6 Å². The Labute approximate surface area is 151 Å². The smallest absolute Gasteiger partial charge is 0.191 e. The van der Waals surface area contributed by atoms with Gasteiger partial charge >= 0.3 is 0 Å². The highest BCUT2D eigenvalue weighted by Gasteiger charge is 2.23. The minimum atomic E-state index is 0.397. The summed E-state index contributed by atoms with van der Waals surface area (Å²) >= 11 is 3.49. The molecule has 1 aliphatic heterocycles. The Kier molecular flexibility index (Phi) is 5.40. The number of nitrogens with one attached hydrogen (secondary N) is 2. The second-order valence-corrected chi connectivity index (χ2v) is 6.92. The van der Waals surface area contributed by atoms with Crippen LogP contribution in [0, 0.1) is 0 Å². The SMILES string of the molecule is CN=C(NCc1cnn(C)c1)NC1CCN(c2ccc(Br)cc2)C1. The third-order valence-electron chi connectivity index (χ3n) is 4.16. The van der Waals surface area contributed by atoms with Crippen LogP contribution in [0.5, 0.6) is 0 Å². The fraction of sp³-hybridized carbons (Fsp3) is 0.412. The first kappa shape index (κ1) is 16.8. The van der Waals surface area contributed by atoms with Gasteiger partial charge in [0.25, 0.3) is 0 Å². The lowest BCUT2D eigenvalue weighted by atomic mass is 10.2. The predicted molar refractivity (Wildman–Crippen MR) is 101 cm³/mol. The number of aryl methyl sites for hydroxylation is 1. The van der Waals surface area contributed by atoms with Gasteiger partial charge in [0, 0.05) is 61.7 Å². The average molecular weight is 391 g/mol. The van der Waals surface area contributed by atoms with Gasteiger partial charge in [-0.1, -0.05) is 15.9 Å². The Morgan fingerprint density at radius 1 is 1.38 bits per heavy atom. The molecule has 6 nitrogen and oxygen atoms in total. The molecular formula is C17H23BrN6. The maximum absolute atomic E-state index is 4.33. The molecule has 0 aliphatic carbocycles. The average Bonchev–Trinajstić information content (AvgIpc) is 3.21. The molecule has 7 heteroatoms. The molecule has 128 valence electrons. The van der Waals surface area contributed by atoms with Gasteiger partial charge in [0.2, 0.25) is 0 Å². The lowest BCUT2D eigenvalue weighted by molar-refractivity contribution is 0.648. The molecular weight excluding hydrogens is 368 g/mol. The molecule has 1 atom stereocenters. The van der Waals surface area contributed by atoms with Crippen molar-refractivity contribution in [2.45, 2.75) is 19.0 Å². The number of nitrogens with zero attached hydrogens (tertiary/aromatic N) is 4. The van der Waals surface area contributed by atoms with Gasteiger partial charge in [0.1, 0.15) is 0 Å². The maximum Gasteiger partial charge on any atom is 0.191 e. The summed E-state index contributed by atoms with van der Waals surface area (Å²) in [5.41, 5.74) is 2.41. The number of hydrogen-bond donors (Lipinski definition) is 2. The fourth-order valence-electron chi connectivity index (χ4n) is 2.90. The molecule has 1 aromatic carbocycles. The molecule has 1 saturated heterocycles. The zero-order chi connectivity index (χ0) is 16.9. The number of rotatable bonds is 4. The van der Waals surface area contributed by atoms with E-state index in [2.05, 4.69) is 65.8 Å². The Hall–Kier alpha value is -2.02. The van der Waals surface area contributed by atoms with Gasteiger partial charge in [0.15, 0.2) is 5.96 Å². The number of aliphatic imine (C=N–C) groups is 1. The number of hydrogen-bond acceptors (Lipinski definition) is 3. The van der Waals surface area contributed by atoms with Crippen LogP contribution in [0.2, 0.25) is 0 Å². The van der Waals surface area contributed by atoms with Crippen molar-refractivity contribution in [1.29, 1.82) is 0 Å². The third-order valence-corrected chi connectivity index (χ3v) is 4.69. The van der Waals surface area contributed by atoms with Crippen molar-refractivity contribution in [1.82, 2.24) is 20.4 Å². The second kappa shape index (κ2) is 7.70. The zero-order valence-corrected chi connectivity index (χ0v) is 15.6. The molecule has 2 heterocycles. The molecule has 1 unspecified atom stereocenters. The third kappa shape index (κ3) is 4.29. The normalized spacial score (nSPS) is 18.0. The number of aromatic nitrogens is 2. The van der Waals surface area contributed by atoms with Gasteiger partial charge in [-0.2, -0.15) is 5.10 Å². The molecule has 24 heavy (non-hydrogen) atoms. The Bertz CT molecular complexity index is 693. The first-order valence-electron chi connectivity index (χ1n) is 8.09. The molecule has 0 amide bonds. The van der Waals surface area contributed by atoms with Gasteiger partial charge in [-0.15, -0.1) is 0 Å². The van der Waals surface area contributed by atoms with Crippen molar-refractivity contribution in [3.05, 3.63) is 46.7 Å². The van der Waals surface area contributed by atoms with Crippen LogP contribution < -0.4 is 15.5 Å². The summed E-state index contributed by atoms with van der Waals surface area (Å²) < 4.78 is 2.92. The Balaban J connectivity index is 1.50. The molecule has 0 spiro atoms. The van der Waals surface area contributed by atoms with E-state index in [-0.39, 0.29) is 0 Å². The van der Waals surface area contributed by atoms with Crippen molar-refractivity contribution < 1.29 is 0 Å². The summed E-state index contributed by atoms with van der Waals surface area (Å²) in [5, 5.41) is 11.0. The van der Waals surface area contributed by atoms with E-state index in [0.717, 1.165) is 42.1 Å². The Morgan fingerprint density at radius 2 is 2.17 bits per heavy atom. The minimum Gasteiger partial charge on any atom is -0.369 e. The van der Waals surface area contributed by atoms with E-state index in [9.17, 15) is 0 Å². The van der Waals surface area contributed by atoms with Crippen LogP contribution in [-0.4, -0.2) is 41.9 Å². The molecule has 0 radical (unpaired) electrons. The van der Waals surface area contributed by atoms with Crippen molar-refractivity contribution in [2.75, 3.05) is 25.0 Å². The van der Waals surface area contributed by atoms with Crippen LogP contribution in [0.4, 0.5) is 5.69 Å². The first-order chi connectivity index (χ1) is 11.6. The van der Waals surface area contributed by atoms with E-state index < -0.39 is 0 Å². The molecule has 0 bridgehead atoms. The van der Waals surface area contributed by atoms with Crippen LogP contribution in [0.1, 0.15) is 12.0 Å². The zero-order valence-electron chi connectivity index (χ0n) is 14.0. The highest BCUT2D eigenvalue weighted by molar-refractivity contribution is 9.10. The van der Waals surface area contributed by atoms with Crippen LogP contribution in [0.25, 0.3) is 0 Å². The summed E-state index contributed by atoms with van der Waals surface area (Å²) in [6, 6.07) is 8.88. The molecule has 1 aromatic heterocycles. The number of guanidine groups is 1. The van der Waals surface area contributed by atoms with Gasteiger partial charge in [0.05, 0.1) is 6.20 Å². The highest BCUT2D eigenvalue weighted by Crippen LogP contribution is 2.22. The van der Waals surface area contributed by atoms with Crippen LogP contribution in [-0.2, 0) is 13.6 Å². The standard InChI is InChI=1S/C17H23BrN6/c1-19-17(20-9-13-10-21-23(2)11-13)22-15-7-8-24(12-15)16-5-3-14(18)4-6-16/h3-6,10-11,15H,7-9,12H2,1-2H3,(H2,19,20,22). The van der Waals surface area contributed by atoms with Crippen molar-refractivity contribution in [3.63, 3.8) is 0 Å². The predicted octanol–water partition coefficient (Wildman–Crippen LogP) is 2.13. The van der Waals surface area contributed by atoms with E-state index in [1.807, 2.05) is 19.4 Å². The second-order valence-electron chi connectivity index (χ2n) is 6.00. The van der Waals surface area contributed by atoms with Crippen LogP contribution in [0.3, 0.4) is 0 Å². The van der Waals surface area contributed by atoms with Gasteiger partial charge in [-0.05, 0) is 30.7 Å². The molecule has 1 fully saturated rings. The van der Waals surface area contributed by atoms with E-state index in [0.29, 0.717) is 6.04 Å². The maximum atomic E-state index is 4.33. The fourth-order valence-corrected chi connectivity index (χ4v) is 3.17. The topological polar surface area (TPSA) is 57.5 Å². The first-order valence-corrected chi connectivity index (χ1v) is 8.88. The summed E-state index contributed by atoms with van der Waals surface area (Å²) in [7, 11) is 3.73. The van der Waals surface area contributed by atoms with E-state index in [4.69, 9.17) is 0 Å².